The predicted octanol–water partition coefficient (Wildman–Crippen LogP) is 0.441. The molecule has 7 nitrogen and oxygen atoms in total. The van der Waals surface area contributed by atoms with E-state index < -0.39 is 12.0 Å². The van der Waals surface area contributed by atoms with Gasteiger partial charge in [0.2, 0.25) is 5.91 Å². The number of carboxylic acid groups (broad SMARTS) is 1. The van der Waals surface area contributed by atoms with Gasteiger partial charge < -0.3 is 21.5 Å². The molecule has 1 aliphatic rings. The molecule has 2 rings (SSSR count). The first-order chi connectivity index (χ1) is 8.97. The summed E-state index contributed by atoms with van der Waals surface area (Å²) in [4.78, 5) is 26.5. The third kappa shape index (κ3) is 3.34. The number of nitrogens with zero attached hydrogens (tertiary/aromatic N) is 1. The molecular weight excluding hydrogens is 248 g/mol. The highest BCUT2D eigenvalue weighted by molar-refractivity contribution is 5.88. The minimum Gasteiger partial charge on any atom is -0.477 e. The van der Waals surface area contributed by atoms with E-state index in [0.717, 1.165) is 12.8 Å². The Labute approximate surface area is 110 Å². The zero-order valence-electron chi connectivity index (χ0n) is 10.5. The summed E-state index contributed by atoms with van der Waals surface area (Å²) < 4.78 is 0. The number of nitrogens with two attached hydrogens (primary N) is 1. The number of pyridine rings is 1. The largest absolute Gasteiger partial charge is 0.477 e. The average molecular weight is 264 g/mol. The number of hydrogen-bond donors (Lipinski definition) is 4. The highest BCUT2D eigenvalue weighted by Gasteiger charge is 2.26. The molecule has 1 heterocycles. The van der Waals surface area contributed by atoms with Crippen LogP contribution in [0.2, 0.25) is 0 Å². The maximum absolute atomic E-state index is 11.8. The van der Waals surface area contributed by atoms with Crippen molar-refractivity contribution in [3.05, 3.63) is 17.8 Å². The van der Waals surface area contributed by atoms with Gasteiger partial charge in [0.05, 0.1) is 5.69 Å². The molecule has 1 aromatic heterocycles. The molecular formula is C12H16N4O3. The van der Waals surface area contributed by atoms with Crippen molar-refractivity contribution in [3.8, 4) is 0 Å². The molecule has 102 valence electrons. The third-order valence-corrected chi connectivity index (χ3v) is 2.82. The lowest BCUT2D eigenvalue weighted by atomic mass is 10.2. The Morgan fingerprint density at radius 1 is 1.47 bits per heavy atom. The molecule has 1 unspecified atom stereocenters. The molecule has 0 aliphatic heterocycles. The van der Waals surface area contributed by atoms with Gasteiger partial charge in [0.25, 0.3) is 0 Å². The fourth-order valence-corrected chi connectivity index (χ4v) is 1.53. The normalized spacial score (nSPS) is 15.6. The first-order valence-corrected chi connectivity index (χ1v) is 6.04. The fraction of sp³-hybridized carbons (Fsp3) is 0.417. The molecule has 7 heteroatoms. The number of carbonyl (C=O) groups excluding carboxylic acids is 1. The molecule has 1 aromatic rings. The summed E-state index contributed by atoms with van der Waals surface area (Å²) in [5.74, 6) is -1.08. The fourth-order valence-electron chi connectivity index (χ4n) is 1.53. The van der Waals surface area contributed by atoms with E-state index in [1.807, 2.05) is 0 Å². The van der Waals surface area contributed by atoms with E-state index in [2.05, 4.69) is 15.6 Å². The number of amides is 1. The van der Waals surface area contributed by atoms with Gasteiger partial charge in [0.15, 0.2) is 11.5 Å². The van der Waals surface area contributed by atoms with Gasteiger partial charge in [0.1, 0.15) is 6.04 Å². The van der Waals surface area contributed by atoms with Crippen LogP contribution in [0.1, 0.15) is 30.3 Å². The van der Waals surface area contributed by atoms with E-state index in [0.29, 0.717) is 5.69 Å². The summed E-state index contributed by atoms with van der Waals surface area (Å²) in [6, 6.07) is 2.51. The van der Waals surface area contributed by atoms with Gasteiger partial charge in [-0.1, -0.05) is 0 Å². The molecule has 1 atom stereocenters. The summed E-state index contributed by atoms with van der Waals surface area (Å²) in [5.41, 5.74) is 5.88. The van der Waals surface area contributed by atoms with Crippen LogP contribution in [-0.4, -0.2) is 34.1 Å². The van der Waals surface area contributed by atoms with Gasteiger partial charge in [0, 0.05) is 6.04 Å². The number of aromatic carboxylic acids is 1. The molecule has 5 N–H and O–H groups in total. The number of nitrogen functional groups attached to an aromatic ring is 1. The van der Waals surface area contributed by atoms with Crippen LogP contribution in [0.5, 0.6) is 0 Å². The van der Waals surface area contributed by atoms with Crippen molar-refractivity contribution in [2.24, 2.45) is 0 Å². The van der Waals surface area contributed by atoms with Crippen molar-refractivity contribution in [2.75, 3.05) is 11.1 Å². The summed E-state index contributed by atoms with van der Waals surface area (Å²) >= 11 is 0. The second-order valence-corrected chi connectivity index (χ2v) is 4.59. The van der Waals surface area contributed by atoms with Crippen LogP contribution in [0, 0.1) is 0 Å². The van der Waals surface area contributed by atoms with Gasteiger partial charge in [-0.2, -0.15) is 0 Å². The smallest absolute Gasteiger partial charge is 0.354 e. The topological polar surface area (TPSA) is 117 Å². The lowest BCUT2D eigenvalue weighted by Crippen LogP contribution is -2.39. The molecule has 0 saturated heterocycles. The molecule has 1 amide bonds. The standard InChI is InChI=1S/C12H16N4O3/c1-6(11(17)15-7-2-3-7)14-10-8(13)4-5-9(16-10)12(18)19/h4-7H,2-3,13H2,1H3,(H,14,16)(H,15,17)(H,18,19). The van der Waals surface area contributed by atoms with Crippen LogP contribution < -0.4 is 16.4 Å². The van der Waals surface area contributed by atoms with E-state index in [1.165, 1.54) is 12.1 Å². The Hall–Kier alpha value is -2.31. The maximum Gasteiger partial charge on any atom is 0.354 e. The lowest BCUT2D eigenvalue weighted by molar-refractivity contribution is -0.121. The third-order valence-electron chi connectivity index (χ3n) is 2.82. The molecule has 19 heavy (non-hydrogen) atoms. The first-order valence-electron chi connectivity index (χ1n) is 6.04. The van der Waals surface area contributed by atoms with Gasteiger partial charge >= 0.3 is 5.97 Å². The quantitative estimate of drug-likeness (QED) is 0.613. The predicted molar refractivity (Wildman–Crippen MR) is 69.9 cm³/mol. The zero-order chi connectivity index (χ0) is 14.0. The monoisotopic (exact) mass is 264 g/mol. The first kappa shape index (κ1) is 13.1. The number of aromatic nitrogens is 1. The van der Waals surface area contributed by atoms with Crippen LogP contribution in [-0.2, 0) is 4.79 Å². The van der Waals surface area contributed by atoms with E-state index in [1.54, 1.807) is 6.92 Å². The Morgan fingerprint density at radius 3 is 2.74 bits per heavy atom. The number of anilines is 2. The molecule has 0 bridgehead atoms. The van der Waals surface area contributed by atoms with Crippen molar-refractivity contribution in [3.63, 3.8) is 0 Å². The number of rotatable bonds is 5. The summed E-state index contributed by atoms with van der Waals surface area (Å²) in [5, 5.41) is 14.5. The zero-order valence-corrected chi connectivity index (χ0v) is 10.5. The minimum atomic E-state index is -1.14. The van der Waals surface area contributed by atoms with Crippen LogP contribution >= 0.6 is 0 Å². The molecule has 0 aromatic carbocycles. The van der Waals surface area contributed by atoms with E-state index in [4.69, 9.17) is 10.8 Å². The highest BCUT2D eigenvalue weighted by atomic mass is 16.4. The van der Waals surface area contributed by atoms with Gasteiger partial charge in [-0.3, -0.25) is 4.79 Å². The molecule has 0 radical (unpaired) electrons. The highest BCUT2D eigenvalue weighted by Crippen LogP contribution is 2.20. The number of hydrogen-bond acceptors (Lipinski definition) is 5. The Bertz CT molecular complexity index is 514. The minimum absolute atomic E-state index is 0.119. The number of carboxylic acids is 1. The van der Waals surface area contributed by atoms with Crippen molar-refractivity contribution in [2.45, 2.75) is 31.8 Å². The average Bonchev–Trinajstić information content (AvgIpc) is 3.15. The van der Waals surface area contributed by atoms with Crippen molar-refractivity contribution < 1.29 is 14.7 Å². The lowest BCUT2D eigenvalue weighted by Gasteiger charge is -2.15. The van der Waals surface area contributed by atoms with E-state index in [9.17, 15) is 9.59 Å². The molecule has 1 aliphatic carbocycles. The SMILES string of the molecule is CC(Nc1nc(C(=O)O)ccc1N)C(=O)NC1CC1. The summed E-state index contributed by atoms with van der Waals surface area (Å²) in [6.45, 7) is 1.67. The van der Waals surface area contributed by atoms with Crippen LogP contribution in [0.15, 0.2) is 12.1 Å². The molecule has 1 fully saturated rings. The second-order valence-electron chi connectivity index (χ2n) is 4.59. The van der Waals surface area contributed by atoms with E-state index >= 15 is 0 Å². The Morgan fingerprint density at radius 2 is 2.16 bits per heavy atom. The Balaban J connectivity index is 2.06. The molecule has 1 saturated carbocycles. The molecule has 0 spiro atoms. The summed E-state index contributed by atoms with van der Waals surface area (Å²) in [7, 11) is 0. The van der Waals surface area contributed by atoms with Gasteiger partial charge in [-0.25, -0.2) is 9.78 Å². The van der Waals surface area contributed by atoms with Gasteiger partial charge in [-0.05, 0) is 31.9 Å². The number of nitrogens with one attached hydrogen (secondary N) is 2. The van der Waals surface area contributed by atoms with Crippen LogP contribution in [0.4, 0.5) is 11.5 Å². The van der Waals surface area contributed by atoms with Crippen LogP contribution in [0.3, 0.4) is 0 Å². The second kappa shape index (κ2) is 5.13. The van der Waals surface area contributed by atoms with Crippen molar-refractivity contribution in [1.29, 1.82) is 0 Å². The van der Waals surface area contributed by atoms with Gasteiger partial charge in [-0.15, -0.1) is 0 Å². The van der Waals surface area contributed by atoms with E-state index in [-0.39, 0.29) is 23.5 Å². The Kier molecular flexibility index (Phi) is 3.55. The van der Waals surface area contributed by atoms with Crippen molar-refractivity contribution >= 4 is 23.4 Å². The number of carbonyl (C=O) groups is 2. The summed E-state index contributed by atoms with van der Waals surface area (Å²) in [6.07, 6.45) is 2.01. The van der Waals surface area contributed by atoms with Crippen LogP contribution in [0.25, 0.3) is 0 Å². The van der Waals surface area contributed by atoms with Crippen molar-refractivity contribution in [1.82, 2.24) is 10.3 Å². The maximum atomic E-state index is 11.8.